The molecule has 2 aromatic heterocycles. The standard InChI is InChI=1S/C17H15N3O2S2/c1-9(21)20-7-6-10-11(8-23-15(10)14(20)16(18)22)17-19-12-4-2-3-5-13(12)24-17/h2-5,8,14H,6-7H2,1H3,(H2,18,22). The Hall–Kier alpha value is -2.25. The lowest BCUT2D eigenvalue weighted by molar-refractivity contribution is -0.138. The number of carbonyl (C=O) groups excluding carboxylic acids is 2. The molecule has 4 rings (SSSR count). The number of thiazole rings is 1. The minimum absolute atomic E-state index is 0.126. The summed E-state index contributed by atoms with van der Waals surface area (Å²) in [5, 5.41) is 2.98. The molecule has 1 unspecified atom stereocenters. The van der Waals surface area contributed by atoms with Gasteiger partial charge in [0.1, 0.15) is 11.0 Å². The SMILES string of the molecule is CC(=O)N1CCc2c(-c3nc4ccccc4s3)csc2C1C(N)=O. The van der Waals surface area contributed by atoms with E-state index in [4.69, 9.17) is 10.7 Å². The quantitative estimate of drug-likeness (QED) is 0.766. The Labute approximate surface area is 146 Å². The summed E-state index contributed by atoms with van der Waals surface area (Å²) in [7, 11) is 0. The Morgan fingerprint density at radius 3 is 2.83 bits per heavy atom. The highest BCUT2D eigenvalue weighted by molar-refractivity contribution is 7.22. The van der Waals surface area contributed by atoms with Crippen LogP contribution in [0.1, 0.15) is 23.4 Å². The molecule has 1 aliphatic rings. The lowest BCUT2D eigenvalue weighted by Gasteiger charge is -2.33. The second-order valence-corrected chi connectivity index (χ2v) is 7.69. The number of amides is 2. The van der Waals surface area contributed by atoms with E-state index in [1.54, 1.807) is 16.2 Å². The summed E-state index contributed by atoms with van der Waals surface area (Å²) in [5.74, 6) is -0.608. The molecule has 122 valence electrons. The Bertz CT molecular complexity index is 927. The molecule has 3 aromatic rings. The van der Waals surface area contributed by atoms with E-state index >= 15 is 0 Å². The molecule has 0 bridgehead atoms. The average Bonchev–Trinajstić information content (AvgIpc) is 3.16. The molecule has 2 N–H and O–H groups in total. The van der Waals surface area contributed by atoms with Crippen LogP contribution in [0.15, 0.2) is 29.6 Å². The molecule has 3 heterocycles. The highest BCUT2D eigenvalue weighted by Gasteiger charge is 2.36. The zero-order valence-electron chi connectivity index (χ0n) is 13.0. The first-order valence-corrected chi connectivity index (χ1v) is 9.28. The number of fused-ring (bicyclic) bond motifs is 2. The van der Waals surface area contributed by atoms with Crippen LogP contribution < -0.4 is 5.73 Å². The molecule has 5 nitrogen and oxygen atoms in total. The third-order valence-electron chi connectivity index (χ3n) is 4.29. The molecule has 0 spiro atoms. The molecule has 7 heteroatoms. The Morgan fingerprint density at radius 1 is 1.33 bits per heavy atom. The van der Waals surface area contributed by atoms with Crippen LogP contribution in [0.4, 0.5) is 0 Å². The number of nitrogens with two attached hydrogens (primary N) is 1. The van der Waals surface area contributed by atoms with Gasteiger partial charge in [-0.25, -0.2) is 4.98 Å². The molecule has 0 aliphatic carbocycles. The smallest absolute Gasteiger partial charge is 0.245 e. The molecule has 1 atom stereocenters. The third-order valence-corrected chi connectivity index (χ3v) is 6.43. The van der Waals surface area contributed by atoms with E-state index in [0.29, 0.717) is 13.0 Å². The topological polar surface area (TPSA) is 76.3 Å². The van der Waals surface area contributed by atoms with Crippen LogP contribution in [0, 0.1) is 0 Å². The fraction of sp³-hybridized carbons (Fsp3) is 0.235. The molecule has 1 aliphatic heterocycles. The maximum absolute atomic E-state index is 11.9. The number of aromatic nitrogens is 1. The number of nitrogens with zero attached hydrogens (tertiary/aromatic N) is 2. The monoisotopic (exact) mass is 357 g/mol. The number of benzene rings is 1. The highest BCUT2D eigenvalue weighted by Crippen LogP contribution is 2.42. The van der Waals surface area contributed by atoms with E-state index in [-0.39, 0.29) is 5.91 Å². The highest BCUT2D eigenvalue weighted by atomic mass is 32.1. The van der Waals surface area contributed by atoms with Gasteiger partial charge in [-0.15, -0.1) is 22.7 Å². The predicted octanol–water partition coefficient (Wildman–Crippen LogP) is 2.96. The number of carbonyl (C=O) groups is 2. The fourth-order valence-electron chi connectivity index (χ4n) is 3.18. The van der Waals surface area contributed by atoms with Crippen molar-refractivity contribution in [2.24, 2.45) is 5.73 Å². The number of rotatable bonds is 2. The first-order chi connectivity index (χ1) is 11.6. The first kappa shape index (κ1) is 15.3. The lowest BCUT2D eigenvalue weighted by Crippen LogP contribution is -2.44. The number of para-hydroxylation sites is 1. The molecular weight excluding hydrogens is 342 g/mol. The minimum atomic E-state index is -0.667. The Morgan fingerprint density at radius 2 is 2.12 bits per heavy atom. The first-order valence-electron chi connectivity index (χ1n) is 7.59. The number of hydrogen-bond acceptors (Lipinski definition) is 5. The van der Waals surface area contributed by atoms with Crippen molar-refractivity contribution in [3.8, 4) is 10.6 Å². The van der Waals surface area contributed by atoms with Gasteiger partial charge >= 0.3 is 0 Å². The zero-order valence-corrected chi connectivity index (χ0v) is 14.6. The van der Waals surface area contributed by atoms with Gasteiger partial charge in [0.15, 0.2) is 0 Å². The van der Waals surface area contributed by atoms with Crippen LogP contribution in [-0.4, -0.2) is 28.2 Å². The van der Waals surface area contributed by atoms with Crippen molar-refractivity contribution in [2.45, 2.75) is 19.4 Å². The lowest BCUT2D eigenvalue weighted by atomic mass is 9.97. The molecule has 0 saturated carbocycles. The summed E-state index contributed by atoms with van der Waals surface area (Å²) >= 11 is 3.13. The van der Waals surface area contributed by atoms with Gasteiger partial charge in [0.25, 0.3) is 0 Å². The van der Waals surface area contributed by atoms with Gasteiger partial charge in [0.05, 0.1) is 10.2 Å². The average molecular weight is 357 g/mol. The van der Waals surface area contributed by atoms with Crippen LogP contribution in [0.5, 0.6) is 0 Å². The van der Waals surface area contributed by atoms with Crippen LogP contribution in [0.25, 0.3) is 20.8 Å². The van der Waals surface area contributed by atoms with E-state index in [1.165, 1.54) is 18.3 Å². The van der Waals surface area contributed by atoms with Gasteiger partial charge < -0.3 is 10.6 Å². The van der Waals surface area contributed by atoms with E-state index in [0.717, 1.165) is 31.2 Å². The fourth-order valence-corrected chi connectivity index (χ4v) is 5.49. The number of thiophene rings is 1. The second-order valence-electron chi connectivity index (χ2n) is 5.75. The zero-order chi connectivity index (χ0) is 16.8. The van der Waals surface area contributed by atoms with Crippen molar-refractivity contribution < 1.29 is 9.59 Å². The molecule has 24 heavy (non-hydrogen) atoms. The summed E-state index contributed by atoms with van der Waals surface area (Å²) in [6.07, 6.45) is 0.716. The molecule has 0 saturated heterocycles. The Kier molecular flexibility index (Phi) is 3.62. The van der Waals surface area contributed by atoms with Crippen molar-refractivity contribution in [1.82, 2.24) is 9.88 Å². The van der Waals surface area contributed by atoms with Crippen LogP contribution in [-0.2, 0) is 16.0 Å². The molecule has 0 fully saturated rings. The molecular formula is C17H15N3O2S2. The maximum Gasteiger partial charge on any atom is 0.245 e. The predicted molar refractivity (Wildman–Crippen MR) is 96.0 cm³/mol. The van der Waals surface area contributed by atoms with E-state index in [1.807, 2.05) is 23.6 Å². The third kappa shape index (κ3) is 2.32. The molecule has 0 radical (unpaired) electrons. The van der Waals surface area contributed by atoms with Crippen LogP contribution >= 0.6 is 22.7 Å². The van der Waals surface area contributed by atoms with Crippen LogP contribution in [0.2, 0.25) is 0 Å². The summed E-state index contributed by atoms with van der Waals surface area (Å²) in [6, 6.07) is 7.36. The number of hydrogen-bond donors (Lipinski definition) is 1. The van der Waals surface area contributed by atoms with Gasteiger partial charge in [-0.3, -0.25) is 9.59 Å². The maximum atomic E-state index is 11.9. The van der Waals surface area contributed by atoms with Crippen molar-refractivity contribution in [1.29, 1.82) is 0 Å². The van der Waals surface area contributed by atoms with Gasteiger partial charge in [-0.1, -0.05) is 12.1 Å². The van der Waals surface area contributed by atoms with Crippen molar-refractivity contribution in [3.63, 3.8) is 0 Å². The van der Waals surface area contributed by atoms with E-state index < -0.39 is 11.9 Å². The molecule has 2 amide bonds. The van der Waals surface area contributed by atoms with Gasteiger partial charge in [-0.2, -0.15) is 0 Å². The summed E-state index contributed by atoms with van der Waals surface area (Å²) in [4.78, 5) is 30.9. The molecule has 1 aromatic carbocycles. The Balaban J connectivity index is 1.82. The van der Waals surface area contributed by atoms with Crippen LogP contribution in [0.3, 0.4) is 0 Å². The van der Waals surface area contributed by atoms with Gasteiger partial charge in [0, 0.05) is 29.3 Å². The summed E-state index contributed by atoms with van der Waals surface area (Å²) in [6.45, 7) is 1.98. The van der Waals surface area contributed by atoms with Crippen molar-refractivity contribution in [2.75, 3.05) is 6.54 Å². The number of primary amides is 1. The minimum Gasteiger partial charge on any atom is -0.368 e. The normalized spacial score (nSPS) is 17.0. The summed E-state index contributed by atoms with van der Waals surface area (Å²) in [5.41, 5.74) is 8.72. The second kappa shape index (κ2) is 5.68. The van der Waals surface area contributed by atoms with Gasteiger partial charge in [0.2, 0.25) is 11.8 Å². The van der Waals surface area contributed by atoms with Crippen molar-refractivity contribution in [3.05, 3.63) is 40.1 Å². The van der Waals surface area contributed by atoms with Gasteiger partial charge in [-0.05, 0) is 24.1 Å². The van der Waals surface area contributed by atoms with Crippen molar-refractivity contribution >= 4 is 44.7 Å². The largest absolute Gasteiger partial charge is 0.368 e. The summed E-state index contributed by atoms with van der Waals surface area (Å²) < 4.78 is 1.14. The van der Waals surface area contributed by atoms with E-state index in [9.17, 15) is 9.59 Å². The van der Waals surface area contributed by atoms with E-state index in [2.05, 4.69) is 6.07 Å².